The highest BCUT2D eigenvalue weighted by atomic mass is 32.2. The van der Waals surface area contributed by atoms with Crippen LogP contribution in [0.4, 0.5) is 16.2 Å². The van der Waals surface area contributed by atoms with Gasteiger partial charge in [-0.1, -0.05) is 65.7 Å². The Morgan fingerprint density at radius 3 is 2.56 bits per heavy atom. The van der Waals surface area contributed by atoms with Gasteiger partial charge in [-0.2, -0.15) is 0 Å². The van der Waals surface area contributed by atoms with E-state index in [2.05, 4.69) is 30.4 Å². The summed E-state index contributed by atoms with van der Waals surface area (Å²) in [6.07, 6.45) is 0. The molecule has 5 rings (SSSR count). The van der Waals surface area contributed by atoms with Crippen LogP contribution in [0.3, 0.4) is 0 Å². The molecule has 2 aliphatic heterocycles. The SMILES string of the molecule is Cc1cccc(CN2C(=O)[C@@]3(SCCN3C(=O)Nc3ccccc3)c3cc(C)ccc32)c1. The minimum Gasteiger partial charge on any atom is -0.308 e. The van der Waals surface area contributed by atoms with Crippen molar-refractivity contribution < 1.29 is 9.59 Å². The summed E-state index contributed by atoms with van der Waals surface area (Å²) < 4.78 is 0. The highest BCUT2D eigenvalue weighted by molar-refractivity contribution is 8.01. The summed E-state index contributed by atoms with van der Waals surface area (Å²) >= 11 is 1.55. The Kier molecular flexibility index (Phi) is 5.18. The summed E-state index contributed by atoms with van der Waals surface area (Å²) in [5.41, 5.74) is 5.81. The number of carbonyl (C=O) groups excluding carboxylic acids is 2. The quantitative estimate of drug-likeness (QED) is 0.599. The van der Waals surface area contributed by atoms with Gasteiger partial charge in [0.15, 0.2) is 4.87 Å². The number of para-hydroxylation sites is 1. The van der Waals surface area contributed by atoms with Crippen LogP contribution in [-0.2, 0) is 16.2 Å². The number of thioether (sulfide) groups is 1. The Labute approximate surface area is 192 Å². The van der Waals surface area contributed by atoms with E-state index < -0.39 is 4.87 Å². The first-order valence-corrected chi connectivity index (χ1v) is 11.7. The summed E-state index contributed by atoms with van der Waals surface area (Å²) in [5.74, 6) is 0.657. The van der Waals surface area contributed by atoms with Crippen LogP contribution in [0, 0.1) is 13.8 Å². The maximum absolute atomic E-state index is 14.0. The first kappa shape index (κ1) is 20.6. The van der Waals surface area contributed by atoms with E-state index in [0.717, 1.165) is 33.6 Å². The summed E-state index contributed by atoms with van der Waals surface area (Å²) in [5, 5.41) is 2.98. The lowest BCUT2D eigenvalue weighted by Crippen LogP contribution is -2.51. The maximum Gasteiger partial charge on any atom is 0.323 e. The summed E-state index contributed by atoms with van der Waals surface area (Å²) in [6, 6.07) is 23.4. The molecule has 0 bridgehead atoms. The lowest BCUT2D eigenvalue weighted by molar-refractivity contribution is -0.123. The third-order valence-corrected chi connectivity index (χ3v) is 7.46. The van der Waals surface area contributed by atoms with Gasteiger partial charge in [-0.3, -0.25) is 9.69 Å². The molecule has 3 amide bonds. The van der Waals surface area contributed by atoms with E-state index in [1.165, 1.54) is 0 Å². The van der Waals surface area contributed by atoms with Crippen molar-refractivity contribution in [3.8, 4) is 0 Å². The number of hydrogen-bond acceptors (Lipinski definition) is 3. The second-order valence-corrected chi connectivity index (χ2v) is 9.63. The predicted octanol–water partition coefficient (Wildman–Crippen LogP) is 5.28. The fourth-order valence-corrected chi connectivity index (χ4v) is 6.04. The first-order valence-electron chi connectivity index (χ1n) is 10.8. The van der Waals surface area contributed by atoms with Gasteiger partial charge >= 0.3 is 6.03 Å². The number of amides is 3. The molecule has 32 heavy (non-hydrogen) atoms. The smallest absolute Gasteiger partial charge is 0.308 e. The number of nitrogens with one attached hydrogen (secondary N) is 1. The number of nitrogens with zero attached hydrogens (tertiary/aromatic N) is 2. The minimum absolute atomic E-state index is 0.0506. The Bertz CT molecular complexity index is 1200. The van der Waals surface area contributed by atoms with E-state index in [0.29, 0.717) is 18.8 Å². The minimum atomic E-state index is -1.04. The molecule has 0 unspecified atom stereocenters. The third kappa shape index (κ3) is 3.35. The number of benzene rings is 3. The van der Waals surface area contributed by atoms with Gasteiger partial charge in [0.1, 0.15) is 0 Å². The van der Waals surface area contributed by atoms with Crippen LogP contribution in [-0.4, -0.2) is 29.1 Å². The fraction of sp³-hybridized carbons (Fsp3) is 0.231. The molecule has 0 aromatic heterocycles. The highest BCUT2D eigenvalue weighted by Crippen LogP contribution is 2.54. The number of urea groups is 1. The molecule has 2 aliphatic rings. The molecule has 1 saturated heterocycles. The molecule has 1 atom stereocenters. The number of rotatable bonds is 3. The first-order chi connectivity index (χ1) is 15.5. The van der Waals surface area contributed by atoms with Gasteiger partial charge in [-0.15, -0.1) is 11.8 Å². The number of anilines is 2. The maximum atomic E-state index is 14.0. The molecule has 6 heteroatoms. The van der Waals surface area contributed by atoms with Gasteiger partial charge in [-0.05, 0) is 37.6 Å². The van der Waals surface area contributed by atoms with Gasteiger partial charge in [0, 0.05) is 23.5 Å². The van der Waals surface area contributed by atoms with Crippen LogP contribution in [0.15, 0.2) is 72.8 Å². The zero-order valence-corrected chi connectivity index (χ0v) is 19.0. The molecule has 3 aromatic rings. The van der Waals surface area contributed by atoms with Crippen LogP contribution < -0.4 is 10.2 Å². The number of fused-ring (bicyclic) bond motifs is 2. The zero-order valence-electron chi connectivity index (χ0n) is 18.2. The molecule has 0 aliphatic carbocycles. The van der Waals surface area contributed by atoms with Crippen LogP contribution in [0.2, 0.25) is 0 Å². The van der Waals surface area contributed by atoms with E-state index in [9.17, 15) is 9.59 Å². The molecule has 2 heterocycles. The molecule has 5 nitrogen and oxygen atoms in total. The molecular formula is C26H25N3O2S. The standard InChI is InChI=1S/C26H25N3O2S/c1-18-7-6-8-20(15-18)17-28-23-12-11-19(2)16-22(23)26(24(28)30)29(13-14-32-26)25(31)27-21-9-4-3-5-10-21/h3-12,15-16H,13-14,17H2,1-2H3,(H,27,31)/t26-/m0/s1. The van der Waals surface area contributed by atoms with E-state index in [-0.39, 0.29) is 11.9 Å². The largest absolute Gasteiger partial charge is 0.323 e. The Hall–Kier alpha value is -3.25. The van der Waals surface area contributed by atoms with Crippen molar-refractivity contribution in [2.24, 2.45) is 0 Å². The van der Waals surface area contributed by atoms with Crippen molar-refractivity contribution in [2.75, 3.05) is 22.5 Å². The Balaban J connectivity index is 1.54. The van der Waals surface area contributed by atoms with Gasteiger partial charge in [0.05, 0.1) is 12.2 Å². The van der Waals surface area contributed by atoms with Crippen molar-refractivity contribution in [2.45, 2.75) is 25.3 Å². The topological polar surface area (TPSA) is 52.7 Å². The van der Waals surface area contributed by atoms with Crippen LogP contribution in [0.1, 0.15) is 22.3 Å². The van der Waals surface area contributed by atoms with Crippen molar-refractivity contribution >= 4 is 35.1 Å². The molecule has 162 valence electrons. The Morgan fingerprint density at radius 2 is 1.78 bits per heavy atom. The number of hydrogen-bond donors (Lipinski definition) is 1. The Morgan fingerprint density at radius 1 is 1.00 bits per heavy atom. The van der Waals surface area contributed by atoms with Crippen molar-refractivity contribution in [3.63, 3.8) is 0 Å². The monoisotopic (exact) mass is 443 g/mol. The van der Waals surface area contributed by atoms with Crippen molar-refractivity contribution in [3.05, 3.63) is 95.1 Å². The van der Waals surface area contributed by atoms with E-state index in [1.54, 1.807) is 16.7 Å². The van der Waals surface area contributed by atoms with Gasteiger partial charge in [0.2, 0.25) is 0 Å². The normalized spacial score (nSPS) is 19.5. The summed E-state index contributed by atoms with van der Waals surface area (Å²) in [7, 11) is 0. The van der Waals surface area contributed by atoms with E-state index in [1.807, 2.05) is 66.4 Å². The molecule has 0 radical (unpaired) electrons. The second kappa shape index (κ2) is 8.02. The van der Waals surface area contributed by atoms with Crippen LogP contribution in [0.5, 0.6) is 0 Å². The average molecular weight is 444 g/mol. The summed E-state index contributed by atoms with van der Waals surface area (Å²) in [4.78, 5) is 29.9. The fourth-order valence-electron chi connectivity index (χ4n) is 4.59. The van der Waals surface area contributed by atoms with Gasteiger partial charge in [-0.25, -0.2) is 4.79 Å². The second-order valence-electron chi connectivity index (χ2n) is 8.34. The molecule has 3 aromatic carbocycles. The molecular weight excluding hydrogens is 418 g/mol. The molecule has 1 fully saturated rings. The molecule has 1 N–H and O–H groups in total. The zero-order chi connectivity index (χ0) is 22.3. The molecule has 0 saturated carbocycles. The summed E-state index contributed by atoms with van der Waals surface area (Å²) in [6.45, 7) is 5.07. The van der Waals surface area contributed by atoms with E-state index in [4.69, 9.17) is 0 Å². The highest BCUT2D eigenvalue weighted by Gasteiger charge is 2.59. The van der Waals surface area contributed by atoms with Gasteiger partial charge < -0.3 is 10.2 Å². The van der Waals surface area contributed by atoms with Crippen molar-refractivity contribution in [1.29, 1.82) is 0 Å². The van der Waals surface area contributed by atoms with Crippen LogP contribution >= 0.6 is 11.8 Å². The number of carbonyl (C=O) groups is 2. The number of aryl methyl sites for hydroxylation is 2. The average Bonchev–Trinajstić information content (AvgIpc) is 3.32. The predicted molar refractivity (Wildman–Crippen MR) is 130 cm³/mol. The van der Waals surface area contributed by atoms with Gasteiger partial charge in [0.25, 0.3) is 5.91 Å². The van der Waals surface area contributed by atoms with Crippen LogP contribution in [0.25, 0.3) is 0 Å². The third-order valence-electron chi connectivity index (χ3n) is 6.04. The lowest BCUT2D eigenvalue weighted by atomic mass is 10.0. The lowest BCUT2D eigenvalue weighted by Gasteiger charge is -2.33. The molecule has 1 spiro atoms. The van der Waals surface area contributed by atoms with Crippen molar-refractivity contribution in [1.82, 2.24) is 4.90 Å². The van der Waals surface area contributed by atoms with E-state index >= 15 is 0 Å².